The lowest BCUT2D eigenvalue weighted by Gasteiger charge is -2.11. The molecule has 0 radical (unpaired) electrons. The lowest BCUT2D eigenvalue weighted by Crippen LogP contribution is -2.17. The Labute approximate surface area is 115 Å². The first-order chi connectivity index (χ1) is 9.33. The molecule has 19 heavy (non-hydrogen) atoms. The van der Waals surface area contributed by atoms with E-state index in [1.54, 1.807) is 0 Å². The van der Waals surface area contributed by atoms with E-state index >= 15 is 0 Å². The second-order valence-corrected chi connectivity index (χ2v) is 4.85. The maximum absolute atomic E-state index is 4.43. The highest BCUT2D eigenvalue weighted by atomic mass is 15.1. The number of nitrogens with zero attached hydrogens (tertiary/aromatic N) is 2. The van der Waals surface area contributed by atoms with Crippen molar-refractivity contribution in [2.45, 2.75) is 39.7 Å². The van der Waals surface area contributed by atoms with Crippen LogP contribution in [0.15, 0.2) is 36.5 Å². The van der Waals surface area contributed by atoms with Gasteiger partial charge in [-0.3, -0.25) is 4.57 Å². The summed E-state index contributed by atoms with van der Waals surface area (Å²) in [5, 5.41) is 3.50. The Morgan fingerprint density at radius 2 is 1.95 bits per heavy atom. The highest BCUT2D eigenvalue weighted by Crippen LogP contribution is 2.14. The third-order valence-electron chi connectivity index (χ3n) is 3.29. The second kappa shape index (κ2) is 7.10. The second-order valence-electron chi connectivity index (χ2n) is 4.85. The van der Waals surface area contributed by atoms with Crippen LogP contribution in [0.25, 0.3) is 5.69 Å². The quantitative estimate of drug-likeness (QED) is 0.770. The Balaban J connectivity index is 2.02. The van der Waals surface area contributed by atoms with E-state index < -0.39 is 0 Å². The summed E-state index contributed by atoms with van der Waals surface area (Å²) in [5.74, 6) is 1.04. The van der Waals surface area contributed by atoms with Crippen molar-refractivity contribution in [3.8, 4) is 5.69 Å². The minimum atomic E-state index is 0.874. The Bertz CT molecular complexity index is 488. The normalized spacial score (nSPS) is 10.8. The van der Waals surface area contributed by atoms with E-state index in [0.29, 0.717) is 0 Å². The fraction of sp³-hybridized carbons (Fsp3) is 0.438. The summed E-state index contributed by atoms with van der Waals surface area (Å²) in [6, 6.07) is 10.4. The Morgan fingerprint density at radius 1 is 1.16 bits per heavy atom. The van der Waals surface area contributed by atoms with Gasteiger partial charge in [-0.25, -0.2) is 4.98 Å². The molecule has 3 heteroatoms. The van der Waals surface area contributed by atoms with Crippen molar-refractivity contribution in [1.29, 1.82) is 0 Å². The van der Waals surface area contributed by atoms with Gasteiger partial charge < -0.3 is 5.32 Å². The molecule has 0 saturated carbocycles. The third kappa shape index (κ3) is 3.67. The summed E-state index contributed by atoms with van der Waals surface area (Å²) >= 11 is 0. The average molecular weight is 257 g/mol. The molecule has 0 aliphatic carbocycles. The molecular weight excluding hydrogens is 234 g/mol. The SMILES string of the molecule is CCCCCNCc1cnc(C)n1-c1ccccc1. The molecule has 3 nitrogen and oxygen atoms in total. The van der Waals surface area contributed by atoms with Crippen LogP contribution in [-0.4, -0.2) is 16.1 Å². The molecule has 1 heterocycles. The van der Waals surface area contributed by atoms with Crippen LogP contribution in [0.1, 0.15) is 37.7 Å². The van der Waals surface area contributed by atoms with Gasteiger partial charge in [0, 0.05) is 12.2 Å². The van der Waals surface area contributed by atoms with E-state index in [1.165, 1.54) is 30.6 Å². The number of imidazole rings is 1. The van der Waals surface area contributed by atoms with E-state index in [1.807, 2.05) is 19.2 Å². The lowest BCUT2D eigenvalue weighted by molar-refractivity contribution is 0.606. The molecular formula is C16H23N3. The molecule has 1 N–H and O–H groups in total. The number of para-hydroxylation sites is 1. The Kier molecular flexibility index (Phi) is 5.16. The van der Waals surface area contributed by atoms with Crippen molar-refractivity contribution in [1.82, 2.24) is 14.9 Å². The standard InChI is InChI=1S/C16H23N3/c1-3-4-8-11-17-12-16-13-18-14(2)19(16)15-9-6-5-7-10-15/h5-7,9-10,13,17H,3-4,8,11-12H2,1-2H3. The molecule has 0 atom stereocenters. The van der Waals surface area contributed by atoms with E-state index in [9.17, 15) is 0 Å². The number of aryl methyl sites for hydroxylation is 1. The topological polar surface area (TPSA) is 29.9 Å². The van der Waals surface area contributed by atoms with Crippen molar-refractivity contribution in [3.05, 3.63) is 48.0 Å². The highest BCUT2D eigenvalue weighted by molar-refractivity contribution is 5.35. The van der Waals surface area contributed by atoms with Crippen molar-refractivity contribution in [2.75, 3.05) is 6.54 Å². The molecule has 102 valence electrons. The monoisotopic (exact) mass is 257 g/mol. The van der Waals surface area contributed by atoms with Crippen molar-refractivity contribution < 1.29 is 0 Å². The number of benzene rings is 1. The van der Waals surface area contributed by atoms with Crippen LogP contribution in [0.2, 0.25) is 0 Å². The van der Waals surface area contributed by atoms with Gasteiger partial charge in [0.15, 0.2) is 0 Å². The van der Waals surface area contributed by atoms with E-state index in [2.05, 4.69) is 46.1 Å². The van der Waals surface area contributed by atoms with Crippen LogP contribution < -0.4 is 5.32 Å². The van der Waals surface area contributed by atoms with Crippen LogP contribution in [0.5, 0.6) is 0 Å². The number of hydrogen-bond donors (Lipinski definition) is 1. The number of nitrogens with one attached hydrogen (secondary N) is 1. The van der Waals surface area contributed by atoms with E-state index in [-0.39, 0.29) is 0 Å². The predicted molar refractivity (Wildman–Crippen MR) is 79.5 cm³/mol. The van der Waals surface area contributed by atoms with Gasteiger partial charge in [0.1, 0.15) is 5.82 Å². The van der Waals surface area contributed by atoms with Gasteiger partial charge in [-0.05, 0) is 32.0 Å². The molecule has 0 spiro atoms. The van der Waals surface area contributed by atoms with Crippen LogP contribution in [0.4, 0.5) is 0 Å². The van der Waals surface area contributed by atoms with Crippen LogP contribution in [0.3, 0.4) is 0 Å². The fourth-order valence-electron chi connectivity index (χ4n) is 2.26. The van der Waals surface area contributed by atoms with Crippen molar-refractivity contribution >= 4 is 0 Å². The molecule has 0 unspecified atom stereocenters. The highest BCUT2D eigenvalue weighted by Gasteiger charge is 2.07. The van der Waals surface area contributed by atoms with Gasteiger partial charge in [-0.15, -0.1) is 0 Å². The molecule has 0 bridgehead atoms. The van der Waals surface area contributed by atoms with Gasteiger partial charge in [0.2, 0.25) is 0 Å². The molecule has 0 saturated heterocycles. The first-order valence-electron chi connectivity index (χ1n) is 7.12. The van der Waals surface area contributed by atoms with Crippen LogP contribution in [-0.2, 0) is 6.54 Å². The maximum Gasteiger partial charge on any atom is 0.110 e. The smallest absolute Gasteiger partial charge is 0.110 e. The van der Waals surface area contributed by atoms with Gasteiger partial charge in [0.05, 0.1) is 11.9 Å². The molecule has 0 aliphatic heterocycles. The summed E-state index contributed by atoms with van der Waals surface area (Å²) in [4.78, 5) is 4.43. The number of hydrogen-bond acceptors (Lipinski definition) is 2. The minimum Gasteiger partial charge on any atom is -0.311 e. The minimum absolute atomic E-state index is 0.874. The van der Waals surface area contributed by atoms with Crippen molar-refractivity contribution in [2.24, 2.45) is 0 Å². The zero-order valence-electron chi connectivity index (χ0n) is 11.9. The van der Waals surface area contributed by atoms with E-state index in [0.717, 1.165) is 18.9 Å². The van der Waals surface area contributed by atoms with Gasteiger partial charge in [0.25, 0.3) is 0 Å². The summed E-state index contributed by atoms with van der Waals surface area (Å²) in [6.07, 6.45) is 5.77. The lowest BCUT2D eigenvalue weighted by atomic mass is 10.2. The number of aromatic nitrogens is 2. The average Bonchev–Trinajstić information content (AvgIpc) is 2.81. The summed E-state index contributed by atoms with van der Waals surface area (Å²) in [6.45, 7) is 6.23. The molecule has 1 aromatic heterocycles. The third-order valence-corrected chi connectivity index (χ3v) is 3.29. The van der Waals surface area contributed by atoms with Crippen molar-refractivity contribution in [3.63, 3.8) is 0 Å². The molecule has 0 amide bonds. The largest absolute Gasteiger partial charge is 0.311 e. The predicted octanol–water partition coefficient (Wildman–Crippen LogP) is 3.46. The summed E-state index contributed by atoms with van der Waals surface area (Å²) in [5.41, 5.74) is 2.41. The molecule has 2 aromatic rings. The summed E-state index contributed by atoms with van der Waals surface area (Å²) in [7, 11) is 0. The summed E-state index contributed by atoms with van der Waals surface area (Å²) < 4.78 is 2.22. The van der Waals surface area contributed by atoms with Gasteiger partial charge in [-0.2, -0.15) is 0 Å². The van der Waals surface area contributed by atoms with Gasteiger partial charge in [-0.1, -0.05) is 38.0 Å². The maximum atomic E-state index is 4.43. The van der Waals surface area contributed by atoms with E-state index in [4.69, 9.17) is 0 Å². The van der Waals surface area contributed by atoms with Gasteiger partial charge >= 0.3 is 0 Å². The fourth-order valence-corrected chi connectivity index (χ4v) is 2.26. The zero-order chi connectivity index (χ0) is 13.5. The molecule has 0 fully saturated rings. The molecule has 2 rings (SSSR count). The number of unbranched alkanes of at least 4 members (excludes halogenated alkanes) is 2. The number of rotatable bonds is 7. The van der Waals surface area contributed by atoms with Crippen LogP contribution in [0, 0.1) is 6.92 Å². The Morgan fingerprint density at radius 3 is 2.68 bits per heavy atom. The van der Waals surface area contributed by atoms with Crippen LogP contribution >= 0.6 is 0 Å². The first-order valence-corrected chi connectivity index (χ1v) is 7.12. The first kappa shape index (κ1) is 13.8. The molecule has 0 aliphatic rings. The zero-order valence-corrected chi connectivity index (χ0v) is 11.9. The molecule has 1 aromatic carbocycles. The Hall–Kier alpha value is -1.61.